The molecule has 0 radical (unpaired) electrons. The number of anilines is 1. The van der Waals surface area contributed by atoms with Crippen molar-refractivity contribution in [1.82, 2.24) is 4.31 Å². The molecule has 0 unspecified atom stereocenters. The van der Waals surface area contributed by atoms with Crippen molar-refractivity contribution in [3.8, 4) is 5.75 Å². The van der Waals surface area contributed by atoms with Crippen LogP contribution in [0, 0.1) is 5.82 Å². The predicted molar refractivity (Wildman–Crippen MR) is 97.2 cm³/mol. The molecule has 0 amide bonds. The van der Waals surface area contributed by atoms with Crippen LogP contribution in [0.15, 0.2) is 41.3 Å². The van der Waals surface area contributed by atoms with Gasteiger partial charge in [-0.05, 0) is 37.3 Å². The van der Waals surface area contributed by atoms with E-state index >= 15 is 0 Å². The van der Waals surface area contributed by atoms with Crippen molar-refractivity contribution in [2.75, 3.05) is 26.0 Å². The average molecular weight is 387 g/mol. The zero-order valence-electron chi connectivity index (χ0n) is 14.2. The van der Waals surface area contributed by atoms with Gasteiger partial charge in [-0.15, -0.1) is 0 Å². The first-order chi connectivity index (χ1) is 11.8. The summed E-state index contributed by atoms with van der Waals surface area (Å²) in [5.74, 6) is -0.155. The average Bonchev–Trinajstić information content (AvgIpc) is 2.55. The van der Waals surface area contributed by atoms with Crippen molar-refractivity contribution in [3.63, 3.8) is 0 Å². The summed E-state index contributed by atoms with van der Waals surface area (Å²) in [6, 6.07) is 9.17. The van der Waals surface area contributed by atoms with E-state index in [4.69, 9.17) is 16.3 Å². The fourth-order valence-corrected chi connectivity index (χ4v) is 3.46. The van der Waals surface area contributed by atoms with E-state index in [-0.39, 0.29) is 17.2 Å². The van der Waals surface area contributed by atoms with E-state index in [1.165, 1.54) is 32.3 Å². The molecule has 8 heteroatoms. The van der Waals surface area contributed by atoms with Gasteiger partial charge in [0.1, 0.15) is 16.5 Å². The summed E-state index contributed by atoms with van der Waals surface area (Å²) in [6.45, 7) is 2.24. The number of sulfonamides is 1. The first kappa shape index (κ1) is 19.5. The highest BCUT2D eigenvalue weighted by Crippen LogP contribution is 2.30. The number of rotatable bonds is 7. The molecule has 0 atom stereocenters. The lowest BCUT2D eigenvalue weighted by molar-refractivity contribution is 0.330. The molecule has 136 valence electrons. The lowest BCUT2D eigenvalue weighted by atomic mass is 10.2. The van der Waals surface area contributed by atoms with E-state index in [0.29, 0.717) is 22.9 Å². The lowest BCUT2D eigenvalue weighted by Gasteiger charge is -2.17. The molecule has 5 nitrogen and oxygen atoms in total. The minimum atomic E-state index is -3.68. The van der Waals surface area contributed by atoms with Crippen molar-refractivity contribution >= 4 is 27.3 Å². The van der Waals surface area contributed by atoms with Crippen LogP contribution in [0.4, 0.5) is 10.1 Å². The molecule has 0 bridgehead atoms. The molecule has 0 saturated heterocycles. The van der Waals surface area contributed by atoms with Crippen LogP contribution < -0.4 is 10.1 Å². The number of nitrogens with zero attached hydrogens (tertiary/aromatic N) is 1. The first-order valence-electron chi connectivity index (χ1n) is 7.63. The normalized spacial score (nSPS) is 11.6. The van der Waals surface area contributed by atoms with Gasteiger partial charge in [-0.25, -0.2) is 17.1 Å². The van der Waals surface area contributed by atoms with Gasteiger partial charge in [-0.1, -0.05) is 17.7 Å². The zero-order chi connectivity index (χ0) is 18.6. The van der Waals surface area contributed by atoms with Crippen molar-refractivity contribution < 1.29 is 17.5 Å². The summed E-state index contributed by atoms with van der Waals surface area (Å²) in [4.78, 5) is 0.0454. The summed E-state index contributed by atoms with van der Waals surface area (Å²) in [5.41, 5.74) is 0.832. The predicted octanol–water partition coefficient (Wildman–Crippen LogP) is 3.74. The van der Waals surface area contributed by atoms with Gasteiger partial charge in [-0.3, -0.25) is 0 Å². The molecule has 0 spiro atoms. The van der Waals surface area contributed by atoms with Crippen LogP contribution in [0.2, 0.25) is 5.02 Å². The number of hydrogen-bond donors (Lipinski definition) is 1. The molecule has 2 aromatic carbocycles. The Morgan fingerprint density at radius 2 is 1.96 bits per heavy atom. The third-order valence-electron chi connectivity index (χ3n) is 3.53. The molecule has 2 aromatic rings. The third-order valence-corrected chi connectivity index (χ3v) is 5.72. The van der Waals surface area contributed by atoms with Gasteiger partial charge in [0.2, 0.25) is 10.0 Å². The van der Waals surface area contributed by atoms with E-state index in [2.05, 4.69) is 5.32 Å². The molecule has 0 aliphatic heterocycles. The van der Waals surface area contributed by atoms with Crippen LogP contribution in [-0.2, 0) is 16.6 Å². The molecule has 0 aromatic heterocycles. The quantitative estimate of drug-likeness (QED) is 0.787. The van der Waals surface area contributed by atoms with Gasteiger partial charge >= 0.3 is 0 Å². The van der Waals surface area contributed by atoms with E-state index in [1.54, 1.807) is 25.1 Å². The van der Waals surface area contributed by atoms with Crippen LogP contribution >= 0.6 is 11.6 Å². The maximum absolute atomic E-state index is 13.8. The Bertz CT molecular complexity index is 837. The summed E-state index contributed by atoms with van der Waals surface area (Å²) < 4.78 is 45.4. The molecular formula is C17H20ClFN2O3S. The number of benzene rings is 2. The molecule has 0 aliphatic carbocycles. The Labute approximate surface area is 152 Å². The van der Waals surface area contributed by atoms with Gasteiger partial charge in [0.15, 0.2) is 0 Å². The Kier molecular flexibility index (Phi) is 6.26. The van der Waals surface area contributed by atoms with Gasteiger partial charge in [-0.2, -0.15) is 0 Å². The fourth-order valence-electron chi connectivity index (χ4n) is 2.18. The van der Waals surface area contributed by atoms with Gasteiger partial charge in [0.05, 0.1) is 6.61 Å². The Balaban J connectivity index is 2.34. The number of halogens is 2. The second-order valence-electron chi connectivity index (χ2n) is 5.44. The SMILES string of the molecule is CCOc1ccc(NCc2c(F)cccc2Cl)cc1S(=O)(=O)N(C)C. The molecule has 1 N–H and O–H groups in total. The van der Waals surface area contributed by atoms with Crippen LogP contribution in [0.3, 0.4) is 0 Å². The Morgan fingerprint density at radius 3 is 2.56 bits per heavy atom. The number of ether oxygens (including phenoxy) is 1. The summed E-state index contributed by atoms with van der Waals surface area (Å²) in [6.07, 6.45) is 0. The van der Waals surface area contributed by atoms with Crippen molar-refractivity contribution in [2.24, 2.45) is 0 Å². The number of nitrogens with one attached hydrogen (secondary N) is 1. The minimum Gasteiger partial charge on any atom is -0.492 e. The lowest BCUT2D eigenvalue weighted by Crippen LogP contribution is -2.23. The Morgan fingerprint density at radius 1 is 1.24 bits per heavy atom. The second kappa shape index (κ2) is 8.03. The molecular weight excluding hydrogens is 367 g/mol. The van der Waals surface area contributed by atoms with Gasteiger partial charge in [0.25, 0.3) is 0 Å². The monoisotopic (exact) mass is 386 g/mol. The molecule has 0 saturated carbocycles. The van der Waals surface area contributed by atoms with Crippen LogP contribution in [0.1, 0.15) is 12.5 Å². The zero-order valence-corrected chi connectivity index (χ0v) is 15.8. The van der Waals surface area contributed by atoms with E-state index in [0.717, 1.165) is 4.31 Å². The molecule has 25 heavy (non-hydrogen) atoms. The molecule has 0 aliphatic rings. The fraction of sp³-hybridized carbons (Fsp3) is 0.294. The number of hydrogen-bond acceptors (Lipinski definition) is 4. The van der Waals surface area contributed by atoms with E-state index in [1.807, 2.05) is 0 Å². The minimum absolute atomic E-state index is 0.0454. The highest BCUT2D eigenvalue weighted by atomic mass is 35.5. The highest BCUT2D eigenvalue weighted by molar-refractivity contribution is 7.89. The van der Waals surface area contributed by atoms with Crippen LogP contribution in [0.5, 0.6) is 5.75 Å². The standard InChI is InChI=1S/C17H20ClFN2O3S/c1-4-24-16-9-8-12(10-17(16)25(22,23)21(2)3)20-11-13-14(18)6-5-7-15(13)19/h5-10,20H,4,11H2,1-3H3. The summed E-state index contributed by atoms with van der Waals surface area (Å²) in [7, 11) is -0.786. The van der Waals surface area contributed by atoms with Crippen molar-refractivity contribution in [2.45, 2.75) is 18.4 Å². The van der Waals surface area contributed by atoms with E-state index in [9.17, 15) is 12.8 Å². The maximum Gasteiger partial charge on any atom is 0.246 e. The molecule has 0 heterocycles. The highest BCUT2D eigenvalue weighted by Gasteiger charge is 2.23. The largest absolute Gasteiger partial charge is 0.492 e. The third kappa shape index (κ3) is 4.42. The molecule has 0 fully saturated rings. The van der Waals surface area contributed by atoms with Crippen molar-refractivity contribution in [3.05, 3.63) is 52.8 Å². The summed E-state index contributed by atoms with van der Waals surface area (Å²) >= 11 is 6.01. The van der Waals surface area contributed by atoms with Crippen LogP contribution in [-0.4, -0.2) is 33.4 Å². The second-order valence-corrected chi connectivity index (χ2v) is 7.96. The van der Waals surface area contributed by atoms with Gasteiger partial charge in [0, 0.05) is 36.9 Å². The van der Waals surface area contributed by atoms with Crippen LogP contribution in [0.25, 0.3) is 0 Å². The summed E-state index contributed by atoms with van der Waals surface area (Å²) in [5, 5.41) is 3.31. The Hall–Kier alpha value is -1.83. The smallest absolute Gasteiger partial charge is 0.246 e. The molecule has 2 rings (SSSR count). The van der Waals surface area contributed by atoms with Crippen molar-refractivity contribution in [1.29, 1.82) is 0 Å². The topological polar surface area (TPSA) is 58.6 Å². The maximum atomic E-state index is 13.8. The van der Waals surface area contributed by atoms with E-state index < -0.39 is 15.8 Å². The first-order valence-corrected chi connectivity index (χ1v) is 9.45. The van der Waals surface area contributed by atoms with Gasteiger partial charge < -0.3 is 10.1 Å².